The standard InChI is InChI=1S/C9H14N4O3.C5H10O5/c10-2-1-8(14)13-7(9(15)16)3-6-4-11-5-12-6;6-1-3(8)5(10)4(9)2-7/h4-5,7H,1-3,10H2,(H,11,12)(H,13,14)(H,15,16);3,5-8,10H,1-2H2. The van der Waals surface area contributed by atoms with Gasteiger partial charge in [0.15, 0.2) is 5.78 Å². The number of H-pyrrole nitrogens is 1. The van der Waals surface area contributed by atoms with Crippen molar-refractivity contribution in [1.29, 1.82) is 0 Å². The van der Waals surface area contributed by atoms with Gasteiger partial charge in [0, 0.05) is 25.6 Å². The molecule has 3 unspecified atom stereocenters. The Morgan fingerprint density at radius 1 is 1.27 bits per heavy atom. The summed E-state index contributed by atoms with van der Waals surface area (Å²) < 4.78 is 0. The fourth-order valence-corrected chi connectivity index (χ4v) is 1.62. The molecular weight excluding hydrogens is 352 g/mol. The first-order chi connectivity index (χ1) is 12.3. The Balaban J connectivity index is 0.000000541. The number of aliphatic hydroxyl groups excluding tert-OH is 4. The molecule has 9 N–H and O–H groups in total. The molecule has 3 atom stereocenters. The maximum absolute atomic E-state index is 11.2. The molecule has 0 bridgehead atoms. The summed E-state index contributed by atoms with van der Waals surface area (Å²) in [5.41, 5.74) is 5.78. The van der Waals surface area contributed by atoms with Gasteiger partial charge in [0.05, 0.1) is 18.6 Å². The summed E-state index contributed by atoms with van der Waals surface area (Å²) in [5, 5.41) is 44.9. The zero-order valence-corrected chi connectivity index (χ0v) is 13.9. The lowest BCUT2D eigenvalue weighted by atomic mass is 10.1. The Kier molecular flexibility index (Phi) is 11.7. The third-order valence-corrected chi connectivity index (χ3v) is 3.01. The highest BCUT2D eigenvalue weighted by Gasteiger charge is 2.22. The number of hydrogen-bond donors (Lipinski definition) is 8. The largest absolute Gasteiger partial charge is 0.480 e. The lowest BCUT2D eigenvalue weighted by Gasteiger charge is -2.12. The molecule has 1 rings (SSSR count). The van der Waals surface area contributed by atoms with Gasteiger partial charge in [0.25, 0.3) is 0 Å². The average Bonchev–Trinajstić information content (AvgIpc) is 3.12. The number of Topliss-reactive ketones (excluding diaryl/α,β-unsaturated/α-hetero) is 1. The summed E-state index contributed by atoms with van der Waals surface area (Å²) in [6, 6.07) is -0.970. The van der Waals surface area contributed by atoms with E-state index < -0.39 is 43.2 Å². The summed E-state index contributed by atoms with van der Waals surface area (Å²) in [6.07, 6.45) is 0.121. The Morgan fingerprint density at radius 2 is 1.92 bits per heavy atom. The SMILES string of the molecule is NCCC(=O)NC(Cc1c[nH]cn1)C(=O)O.O=C(CO)C(O)C(O)CO. The summed E-state index contributed by atoms with van der Waals surface area (Å²) in [6.45, 7) is -1.34. The van der Waals surface area contributed by atoms with Crippen molar-refractivity contribution in [1.82, 2.24) is 15.3 Å². The van der Waals surface area contributed by atoms with Crippen molar-refractivity contribution in [2.45, 2.75) is 31.1 Å². The predicted molar refractivity (Wildman–Crippen MR) is 86.7 cm³/mol. The van der Waals surface area contributed by atoms with E-state index in [2.05, 4.69) is 15.3 Å². The minimum Gasteiger partial charge on any atom is -0.480 e. The third-order valence-electron chi connectivity index (χ3n) is 3.01. The van der Waals surface area contributed by atoms with E-state index in [1.165, 1.54) is 6.33 Å². The molecule has 0 saturated heterocycles. The first-order valence-corrected chi connectivity index (χ1v) is 7.57. The van der Waals surface area contributed by atoms with Crippen LogP contribution in [0.25, 0.3) is 0 Å². The van der Waals surface area contributed by atoms with Gasteiger partial charge in [-0.25, -0.2) is 9.78 Å². The second kappa shape index (κ2) is 12.9. The molecule has 0 fully saturated rings. The smallest absolute Gasteiger partial charge is 0.326 e. The topological polar surface area (TPSA) is 219 Å². The molecule has 0 spiro atoms. The Bertz CT molecular complexity index is 551. The number of nitrogens with one attached hydrogen (secondary N) is 2. The van der Waals surface area contributed by atoms with Crippen LogP contribution in [0.1, 0.15) is 12.1 Å². The number of rotatable bonds is 10. The van der Waals surface area contributed by atoms with Crippen LogP contribution >= 0.6 is 0 Å². The fraction of sp³-hybridized carbons (Fsp3) is 0.571. The zero-order chi connectivity index (χ0) is 20.1. The third kappa shape index (κ3) is 9.19. The van der Waals surface area contributed by atoms with Gasteiger partial charge in [-0.05, 0) is 0 Å². The molecule has 12 heteroatoms. The molecule has 1 heterocycles. The zero-order valence-electron chi connectivity index (χ0n) is 13.9. The molecule has 1 aromatic rings. The van der Waals surface area contributed by atoms with Gasteiger partial charge >= 0.3 is 5.97 Å². The van der Waals surface area contributed by atoms with Crippen molar-refractivity contribution >= 4 is 17.7 Å². The molecule has 12 nitrogen and oxygen atoms in total. The maximum Gasteiger partial charge on any atom is 0.326 e. The highest BCUT2D eigenvalue weighted by Crippen LogP contribution is 1.99. The molecule has 1 aromatic heterocycles. The van der Waals surface area contributed by atoms with E-state index in [1.54, 1.807) is 6.20 Å². The lowest BCUT2D eigenvalue weighted by molar-refractivity contribution is -0.141. The highest BCUT2D eigenvalue weighted by atomic mass is 16.4. The average molecular weight is 376 g/mol. The van der Waals surface area contributed by atoms with Gasteiger partial charge in [-0.3, -0.25) is 9.59 Å². The summed E-state index contributed by atoms with van der Waals surface area (Å²) in [5.74, 6) is -2.36. The second-order valence-corrected chi connectivity index (χ2v) is 5.08. The van der Waals surface area contributed by atoms with Gasteiger partial charge in [-0.1, -0.05) is 0 Å². The molecule has 26 heavy (non-hydrogen) atoms. The van der Waals surface area contributed by atoms with Crippen LogP contribution in [0.4, 0.5) is 0 Å². The monoisotopic (exact) mass is 376 g/mol. The summed E-state index contributed by atoms with van der Waals surface area (Å²) >= 11 is 0. The quantitative estimate of drug-likeness (QED) is 0.198. The van der Waals surface area contributed by atoms with E-state index in [4.69, 9.17) is 31.3 Å². The predicted octanol–water partition coefficient (Wildman–Crippen LogP) is -3.87. The van der Waals surface area contributed by atoms with Crippen molar-refractivity contribution in [3.05, 3.63) is 18.2 Å². The number of aromatic amines is 1. The van der Waals surface area contributed by atoms with Gasteiger partial charge < -0.3 is 41.6 Å². The number of carbonyl (C=O) groups excluding carboxylic acids is 2. The number of carboxylic acids is 1. The number of imidazole rings is 1. The van der Waals surface area contributed by atoms with Crippen LogP contribution in [-0.4, -0.2) is 91.2 Å². The van der Waals surface area contributed by atoms with E-state index >= 15 is 0 Å². The van der Waals surface area contributed by atoms with Gasteiger partial charge in [0.1, 0.15) is 24.9 Å². The minimum absolute atomic E-state index is 0.115. The lowest BCUT2D eigenvalue weighted by Crippen LogP contribution is -2.42. The van der Waals surface area contributed by atoms with Gasteiger partial charge in [-0.15, -0.1) is 0 Å². The van der Waals surface area contributed by atoms with E-state index in [9.17, 15) is 14.4 Å². The normalized spacial score (nSPS) is 13.7. The van der Waals surface area contributed by atoms with Crippen molar-refractivity contribution < 1.29 is 39.9 Å². The van der Waals surface area contributed by atoms with Crippen LogP contribution in [0.3, 0.4) is 0 Å². The van der Waals surface area contributed by atoms with Crippen molar-refractivity contribution in [2.24, 2.45) is 5.73 Å². The van der Waals surface area contributed by atoms with E-state index in [0.29, 0.717) is 5.69 Å². The van der Waals surface area contributed by atoms with Crippen LogP contribution in [0.2, 0.25) is 0 Å². The summed E-state index contributed by atoms with van der Waals surface area (Å²) in [4.78, 5) is 39.0. The first kappa shape index (κ1) is 23.6. The van der Waals surface area contributed by atoms with Gasteiger partial charge in [0.2, 0.25) is 5.91 Å². The van der Waals surface area contributed by atoms with Crippen LogP contribution in [0.5, 0.6) is 0 Å². The molecule has 1 amide bonds. The van der Waals surface area contributed by atoms with Crippen LogP contribution in [0, 0.1) is 0 Å². The van der Waals surface area contributed by atoms with Crippen molar-refractivity contribution in [2.75, 3.05) is 19.8 Å². The number of aromatic nitrogens is 2. The number of nitrogens with zero attached hydrogens (tertiary/aromatic N) is 1. The second-order valence-electron chi connectivity index (χ2n) is 5.08. The molecule has 0 aliphatic heterocycles. The first-order valence-electron chi connectivity index (χ1n) is 7.57. The molecule has 148 valence electrons. The molecular formula is C14H24N4O8. The van der Waals surface area contributed by atoms with E-state index in [1.807, 2.05) is 0 Å². The number of nitrogens with two attached hydrogens (primary N) is 1. The molecule has 0 aromatic carbocycles. The Hall–Kier alpha value is -2.38. The number of aliphatic carboxylic acids is 1. The molecule has 0 radical (unpaired) electrons. The van der Waals surface area contributed by atoms with Crippen molar-refractivity contribution in [3.8, 4) is 0 Å². The van der Waals surface area contributed by atoms with Gasteiger partial charge in [-0.2, -0.15) is 0 Å². The molecule has 0 aliphatic rings. The highest BCUT2D eigenvalue weighted by molar-refractivity contribution is 5.84. The number of aliphatic hydroxyl groups is 4. The van der Waals surface area contributed by atoms with E-state index in [-0.39, 0.29) is 25.3 Å². The van der Waals surface area contributed by atoms with Crippen LogP contribution < -0.4 is 11.1 Å². The number of ketones is 1. The molecule has 0 saturated carbocycles. The number of hydrogen-bond acceptors (Lipinski definition) is 9. The Morgan fingerprint density at radius 3 is 2.35 bits per heavy atom. The van der Waals surface area contributed by atoms with E-state index in [0.717, 1.165) is 0 Å². The number of amides is 1. The molecule has 0 aliphatic carbocycles. The number of carbonyl (C=O) groups is 3. The van der Waals surface area contributed by atoms with Crippen molar-refractivity contribution in [3.63, 3.8) is 0 Å². The fourth-order valence-electron chi connectivity index (χ4n) is 1.62. The summed E-state index contributed by atoms with van der Waals surface area (Å²) in [7, 11) is 0. The van der Waals surface area contributed by atoms with Crippen LogP contribution in [-0.2, 0) is 20.8 Å². The minimum atomic E-state index is -1.69. The Labute approximate surface area is 148 Å². The number of carboxylic acid groups (broad SMARTS) is 1. The van der Waals surface area contributed by atoms with Crippen LogP contribution in [0.15, 0.2) is 12.5 Å². The maximum atomic E-state index is 11.2.